The molecule has 1 aromatic carbocycles. The molecule has 0 aliphatic heterocycles. The van der Waals surface area contributed by atoms with Gasteiger partial charge in [0.05, 0.1) is 10.2 Å². The van der Waals surface area contributed by atoms with Crippen molar-refractivity contribution in [3.05, 3.63) is 21.6 Å². The zero-order chi connectivity index (χ0) is 15.4. The van der Waals surface area contributed by atoms with Crippen molar-refractivity contribution < 1.29 is 13.5 Å². The highest BCUT2D eigenvalue weighted by molar-refractivity contribution is 9.10. The van der Waals surface area contributed by atoms with E-state index in [1.54, 1.807) is 12.1 Å². The standard InChI is InChI=1S/C15H19BrClF2NO/c1-9(10-5-3-2-4-6-10)20-13-8-11(17)7-12(16)14(13)21-15(18)19/h7-10,15,20H,2-6H2,1H3. The van der Waals surface area contributed by atoms with Gasteiger partial charge in [-0.05, 0) is 53.7 Å². The number of anilines is 1. The summed E-state index contributed by atoms with van der Waals surface area (Å²) in [5.41, 5.74) is 0.507. The minimum Gasteiger partial charge on any atom is -0.431 e. The Morgan fingerprint density at radius 1 is 1.29 bits per heavy atom. The Morgan fingerprint density at radius 3 is 2.57 bits per heavy atom. The lowest BCUT2D eigenvalue weighted by Crippen LogP contribution is -2.28. The highest BCUT2D eigenvalue weighted by atomic mass is 79.9. The van der Waals surface area contributed by atoms with Gasteiger partial charge >= 0.3 is 6.61 Å². The van der Waals surface area contributed by atoms with Gasteiger partial charge in [0.25, 0.3) is 0 Å². The molecule has 2 rings (SSSR count). The Hall–Kier alpha value is -0.550. The van der Waals surface area contributed by atoms with Crippen molar-refractivity contribution in [2.24, 2.45) is 5.92 Å². The second-order valence-electron chi connectivity index (χ2n) is 5.47. The largest absolute Gasteiger partial charge is 0.431 e. The van der Waals surface area contributed by atoms with Crippen LogP contribution in [0.15, 0.2) is 16.6 Å². The third kappa shape index (κ3) is 4.71. The molecule has 1 aromatic rings. The summed E-state index contributed by atoms with van der Waals surface area (Å²) in [7, 11) is 0. The molecular formula is C15H19BrClF2NO. The van der Waals surface area contributed by atoms with E-state index in [9.17, 15) is 8.78 Å². The summed E-state index contributed by atoms with van der Waals surface area (Å²) in [5.74, 6) is 0.660. The van der Waals surface area contributed by atoms with Crippen LogP contribution in [0.4, 0.5) is 14.5 Å². The smallest absolute Gasteiger partial charge is 0.387 e. The average Bonchev–Trinajstić information content (AvgIpc) is 2.43. The first-order valence-electron chi connectivity index (χ1n) is 7.17. The average molecular weight is 383 g/mol. The predicted octanol–water partition coefficient (Wildman–Crippen LogP) is 6.08. The van der Waals surface area contributed by atoms with Gasteiger partial charge in [-0.25, -0.2) is 0 Å². The monoisotopic (exact) mass is 381 g/mol. The molecule has 0 heterocycles. The SMILES string of the molecule is CC(Nc1cc(Cl)cc(Br)c1OC(F)F)C1CCCCC1. The minimum atomic E-state index is -2.87. The number of halogens is 4. The summed E-state index contributed by atoms with van der Waals surface area (Å²) >= 11 is 9.24. The Labute approximate surface area is 137 Å². The van der Waals surface area contributed by atoms with Crippen molar-refractivity contribution >= 4 is 33.2 Å². The highest BCUT2D eigenvalue weighted by Gasteiger charge is 2.22. The van der Waals surface area contributed by atoms with Crippen molar-refractivity contribution in [2.45, 2.75) is 51.7 Å². The predicted molar refractivity (Wildman–Crippen MR) is 85.4 cm³/mol. The molecule has 1 unspecified atom stereocenters. The van der Waals surface area contributed by atoms with Crippen molar-refractivity contribution in [3.63, 3.8) is 0 Å². The molecule has 0 spiro atoms. The second-order valence-corrected chi connectivity index (χ2v) is 6.76. The lowest BCUT2D eigenvalue weighted by atomic mass is 9.84. The van der Waals surface area contributed by atoms with Gasteiger partial charge in [-0.15, -0.1) is 0 Å². The number of hydrogen-bond acceptors (Lipinski definition) is 2. The van der Waals surface area contributed by atoms with Crippen molar-refractivity contribution in [1.29, 1.82) is 0 Å². The number of nitrogens with one attached hydrogen (secondary N) is 1. The Kier molecular flexibility index (Phi) is 6.11. The Bertz CT molecular complexity index is 481. The van der Waals surface area contributed by atoms with Gasteiger partial charge < -0.3 is 10.1 Å². The molecule has 1 atom stereocenters. The summed E-state index contributed by atoms with van der Waals surface area (Å²) in [6.45, 7) is -0.787. The molecule has 1 saturated carbocycles. The summed E-state index contributed by atoms with van der Waals surface area (Å²) in [6, 6.07) is 3.37. The first kappa shape index (κ1) is 16.8. The van der Waals surface area contributed by atoms with E-state index in [2.05, 4.69) is 32.9 Å². The second kappa shape index (κ2) is 7.63. The molecule has 1 fully saturated rings. The van der Waals surface area contributed by atoms with Gasteiger partial charge in [-0.3, -0.25) is 0 Å². The quantitative estimate of drug-likeness (QED) is 0.666. The van der Waals surface area contributed by atoms with E-state index in [0.29, 0.717) is 21.1 Å². The van der Waals surface area contributed by atoms with Crippen LogP contribution in [-0.4, -0.2) is 12.7 Å². The lowest BCUT2D eigenvalue weighted by Gasteiger charge is -2.29. The molecule has 1 N–H and O–H groups in total. The van der Waals surface area contributed by atoms with Gasteiger partial charge in [0.15, 0.2) is 5.75 Å². The van der Waals surface area contributed by atoms with Crippen LogP contribution in [0.5, 0.6) is 5.75 Å². The third-order valence-corrected chi connectivity index (χ3v) is 4.76. The zero-order valence-electron chi connectivity index (χ0n) is 11.8. The number of hydrogen-bond donors (Lipinski definition) is 1. The van der Waals surface area contributed by atoms with Crippen LogP contribution < -0.4 is 10.1 Å². The number of alkyl halides is 2. The van der Waals surface area contributed by atoms with Crippen molar-refractivity contribution in [3.8, 4) is 5.75 Å². The molecular weight excluding hydrogens is 364 g/mol. The first-order valence-corrected chi connectivity index (χ1v) is 8.35. The Balaban J connectivity index is 2.17. The van der Waals surface area contributed by atoms with E-state index in [1.165, 1.54) is 32.1 Å². The van der Waals surface area contributed by atoms with Crippen LogP contribution in [0.2, 0.25) is 5.02 Å². The fourth-order valence-corrected chi connectivity index (χ4v) is 3.78. The van der Waals surface area contributed by atoms with E-state index in [4.69, 9.17) is 11.6 Å². The molecule has 1 aliphatic carbocycles. The van der Waals surface area contributed by atoms with Gasteiger partial charge in [0.2, 0.25) is 0 Å². The summed E-state index contributed by atoms with van der Waals surface area (Å²) < 4.78 is 30.2. The summed E-state index contributed by atoms with van der Waals surface area (Å²) in [6.07, 6.45) is 6.08. The molecule has 0 saturated heterocycles. The highest BCUT2D eigenvalue weighted by Crippen LogP contribution is 2.39. The first-order chi connectivity index (χ1) is 9.97. The van der Waals surface area contributed by atoms with Crippen LogP contribution in [0.25, 0.3) is 0 Å². The van der Waals surface area contributed by atoms with E-state index in [-0.39, 0.29) is 11.8 Å². The number of ether oxygens (including phenoxy) is 1. The normalized spacial score (nSPS) is 17.8. The Morgan fingerprint density at radius 2 is 1.95 bits per heavy atom. The molecule has 0 bridgehead atoms. The van der Waals surface area contributed by atoms with E-state index < -0.39 is 6.61 Å². The van der Waals surface area contributed by atoms with E-state index in [0.717, 1.165) is 0 Å². The molecule has 0 aromatic heterocycles. The fraction of sp³-hybridized carbons (Fsp3) is 0.600. The van der Waals surface area contributed by atoms with Crippen LogP contribution in [0, 0.1) is 5.92 Å². The molecule has 0 amide bonds. The molecule has 1 aliphatic rings. The van der Waals surface area contributed by atoms with Gasteiger partial charge in [-0.2, -0.15) is 8.78 Å². The molecule has 6 heteroatoms. The van der Waals surface area contributed by atoms with Crippen molar-refractivity contribution in [1.82, 2.24) is 0 Å². The van der Waals surface area contributed by atoms with Crippen molar-refractivity contribution in [2.75, 3.05) is 5.32 Å². The van der Waals surface area contributed by atoms with Crippen LogP contribution in [-0.2, 0) is 0 Å². The molecule has 0 radical (unpaired) electrons. The maximum Gasteiger partial charge on any atom is 0.387 e. The van der Waals surface area contributed by atoms with Gasteiger partial charge in [0, 0.05) is 11.1 Å². The maximum absolute atomic E-state index is 12.6. The topological polar surface area (TPSA) is 21.3 Å². The third-order valence-electron chi connectivity index (χ3n) is 3.96. The maximum atomic E-state index is 12.6. The van der Waals surface area contributed by atoms with Crippen LogP contribution >= 0.6 is 27.5 Å². The van der Waals surface area contributed by atoms with E-state index in [1.807, 2.05) is 0 Å². The molecule has 118 valence electrons. The van der Waals surface area contributed by atoms with Crippen LogP contribution in [0.3, 0.4) is 0 Å². The molecule has 21 heavy (non-hydrogen) atoms. The number of rotatable bonds is 5. The number of benzene rings is 1. The fourth-order valence-electron chi connectivity index (χ4n) is 2.87. The van der Waals surface area contributed by atoms with Gasteiger partial charge in [-0.1, -0.05) is 30.9 Å². The van der Waals surface area contributed by atoms with Crippen LogP contribution in [0.1, 0.15) is 39.0 Å². The van der Waals surface area contributed by atoms with E-state index >= 15 is 0 Å². The summed E-state index contributed by atoms with van der Waals surface area (Å²) in [4.78, 5) is 0. The summed E-state index contributed by atoms with van der Waals surface area (Å²) in [5, 5.41) is 3.77. The lowest BCUT2D eigenvalue weighted by molar-refractivity contribution is -0.0499. The molecule has 2 nitrogen and oxygen atoms in total. The minimum absolute atomic E-state index is 0.108. The van der Waals surface area contributed by atoms with Gasteiger partial charge in [0.1, 0.15) is 0 Å². The zero-order valence-corrected chi connectivity index (χ0v) is 14.2.